The van der Waals surface area contributed by atoms with Gasteiger partial charge in [-0.15, -0.1) is 21.5 Å². The van der Waals surface area contributed by atoms with Crippen LogP contribution in [0.25, 0.3) is 0 Å². The summed E-state index contributed by atoms with van der Waals surface area (Å²) in [6.07, 6.45) is 6.24. The molecule has 19 heavy (non-hydrogen) atoms. The molecular formula is C14H25N3S2. The molecule has 0 spiro atoms. The molecule has 1 atom stereocenters. The Hall–Kier alpha value is -0.130. The number of aromatic nitrogens is 2. The highest BCUT2D eigenvalue weighted by Crippen LogP contribution is 2.39. The lowest BCUT2D eigenvalue weighted by Gasteiger charge is -2.17. The minimum atomic E-state index is 0.624. The molecule has 1 saturated heterocycles. The zero-order valence-electron chi connectivity index (χ0n) is 12.0. The predicted octanol–water partition coefficient (Wildman–Crippen LogP) is 3.67. The minimum absolute atomic E-state index is 0.624. The fourth-order valence-electron chi connectivity index (χ4n) is 2.19. The number of hydrogen-bond acceptors (Lipinski definition) is 5. The van der Waals surface area contributed by atoms with E-state index in [0.29, 0.717) is 5.25 Å². The number of hydrogen-bond donors (Lipinski definition) is 1. The Balaban J connectivity index is 1.68. The fourth-order valence-corrected chi connectivity index (χ4v) is 4.62. The molecule has 2 rings (SSSR count). The molecule has 108 valence electrons. The molecule has 1 unspecified atom stereocenters. The molecule has 1 aromatic rings. The van der Waals surface area contributed by atoms with Crippen LogP contribution >= 0.6 is 23.1 Å². The van der Waals surface area contributed by atoms with Gasteiger partial charge in [0.25, 0.3) is 0 Å². The van der Waals surface area contributed by atoms with Crippen LogP contribution in [0, 0.1) is 5.92 Å². The average molecular weight is 300 g/mol. The van der Waals surface area contributed by atoms with Crippen LogP contribution in [0.1, 0.15) is 54.8 Å². The van der Waals surface area contributed by atoms with Crippen molar-refractivity contribution in [3.8, 4) is 0 Å². The van der Waals surface area contributed by atoms with E-state index < -0.39 is 0 Å². The first-order valence-electron chi connectivity index (χ1n) is 7.40. The molecule has 1 N–H and O–H groups in total. The normalized spacial score (nSPS) is 20.1. The van der Waals surface area contributed by atoms with Gasteiger partial charge in [0, 0.05) is 6.42 Å². The molecule has 0 radical (unpaired) electrons. The molecule has 0 amide bonds. The third-order valence-electron chi connectivity index (χ3n) is 3.23. The van der Waals surface area contributed by atoms with Crippen molar-refractivity contribution in [2.75, 3.05) is 18.8 Å². The summed E-state index contributed by atoms with van der Waals surface area (Å²) in [5, 5.41) is 15.3. The summed E-state index contributed by atoms with van der Waals surface area (Å²) in [6.45, 7) is 6.68. The molecule has 0 bridgehead atoms. The zero-order chi connectivity index (χ0) is 13.5. The van der Waals surface area contributed by atoms with Gasteiger partial charge >= 0.3 is 0 Å². The summed E-state index contributed by atoms with van der Waals surface area (Å²) in [5.74, 6) is 2.02. The molecule has 0 aromatic carbocycles. The van der Waals surface area contributed by atoms with Crippen molar-refractivity contribution in [2.24, 2.45) is 5.92 Å². The van der Waals surface area contributed by atoms with Crippen molar-refractivity contribution in [1.29, 1.82) is 0 Å². The van der Waals surface area contributed by atoms with Gasteiger partial charge in [0.05, 0.1) is 5.25 Å². The second kappa shape index (κ2) is 8.22. The van der Waals surface area contributed by atoms with Gasteiger partial charge in [-0.2, -0.15) is 11.8 Å². The average Bonchev–Trinajstić information content (AvgIpc) is 2.88. The lowest BCUT2D eigenvalue weighted by atomic mass is 10.2. The van der Waals surface area contributed by atoms with E-state index in [2.05, 4.69) is 41.1 Å². The first-order chi connectivity index (χ1) is 9.25. The van der Waals surface area contributed by atoms with Crippen LogP contribution in [0.15, 0.2) is 0 Å². The summed E-state index contributed by atoms with van der Waals surface area (Å²) >= 11 is 3.89. The summed E-state index contributed by atoms with van der Waals surface area (Å²) in [5.41, 5.74) is 0. The lowest BCUT2D eigenvalue weighted by Crippen LogP contribution is -2.21. The largest absolute Gasteiger partial charge is 0.316 e. The van der Waals surface area contributed by atoms with Gasteiger partial charge in [-0.05, 0) is 44.0 Å². The number of thioether (sulfide) groups is 1. The molecule has 1 aliphatic heterocycles. The van der Waals surface area contributed by atoms with Gasteiger partial charge in [-0.1, -0.05) is 20.3 Å². The van der Waals surface area contributed by atoms with Gasteiger partial charge in [0.1, 0.15) is 10.0 Å². The van der Waals surface area contributed by atoms with Gasteiger partial charge in [0.2, 0.25) is 0 Å². The quantitative estimate of drug-likeness (QED) is 0.780. The number of nitrogens with zero attached hydrogens (tertiary/aromatic N) is 2. The number of rotatable bonds is 7. The second-order valence-corrected chi connectivity index (χ2v) is 8.00. The van der Waals surface area contributed by atoms with E-state index >= 15 is 0 Å². The fraction of sp³-hybridized carbons (Fsp3) is 0.857. The second-order valence-electron chi connectivity index (χ2n) is 5.59. The number of aryl methyl sites for hydroxylation is 1. The van der Waals surface area contributed by atoms with E-state index in [1.165, 1.54) is 41.5 Å². The van der Waals surface area contributed by atoms with E-state index in [0.717, 1.165) is 25.4 Å². The molecule has 0 aliphatic carbocycles. The van der Waals surface area contributed by atoms with Crippen LogP contribution in [0.2, 0.25) is 0 Å². The highest BCUT2D eigenvalue weighted by atomic mass is 32.2. The highest BCUT2D eigenvalue weighted by Gasteiger charge is 2.19. The maximum Gasteiger partial charge on any atom is 0.130 e. The first-order valence-corrected chi connectivity index (χ1v) is 9.27. The topological polar surface area (TPSA) is 37.8 Å². The van der Waals surface area contributed by atoms with Crippen molar-refractivity contribution in [3.63, 3.8) is 0 Å². The predicted molar refractivity (Wildman–Crippen MR) is 85.0 cm³/mol. The van der Waals surface area contributed by atoms with E-state index in [1.54, 1.807) is 0 Å². The van der Waals surface area contributed by atoms with Crippen LogP contribution < -0.4 is 5.32 Å². The Labute approximate surface area is 125 Å². The van der Waals surface area contributed by atoms with Gasteiger partial charge in [-0.25, -0.2) is 0 Å². The molecule has 1 aromatic heterocycles. The smallest absolute Gasteiger partial charge is 0.130 e. The van der Waals surface area contributed by atoms with E-state index in [4.69, 9.17) is 0 Å². The maximum absolute atomic E-state index is 4.39. The molecule has 2 heterocycles. The van der Waals surface area contributed by atoms with Gasteiger partial charge in [0.15, 0.2) is 0 Å². The Morgan fingerprint density at radius 3 is 2.95 bits per heavy atom. The monoisotopic (exact) mass is 299 g/mol. The summed E-state index contributed by atoms with van der Waals surface area (Å²) in [6, 6.07) is 0. The van der Waals surface area contributed by atoms with Crippen LogP contribution in [0.4, 0.5) is 0 Å². The van der Waals surface area contributed by atoms with E-state index in [-0.39, 0.29) is 0 Å². The third kappa shape index (κ3) is 5.40. The Kier molecular flexibility index (Phi) is 6.61. The SMILES string of the molecule is CC(C)CNCCCc1nnc(C2CCCCS2)s1. The first kappa shape index (κ1) is 15.3. The van der Waals surface area contributed by atoms with Crippen molar-refractivity contribution in [1.82, 2.24) is 15.5 Å². The van der Waals surface area contributed by atoms with Crippen molar-refractivity contribution < 1.29 is 0 Å². The standard InChI is InChI=1S/C14H25N3S2/c1-11(2)10-15-8-5-7-13-16-17-14(19-13)12-6-3-4-9-18-12/h11-12,15H,3-10H2,1-2H3. The lowest BCUT2D eigenvalue weighted by molar-refractivity contribution is 0.542. The highest BCUT2D eigenvalue weighted by molar-refractivity contribution is 7.99. The summed E-state index contributed by atoms with van der Waals surface area (Å²) in [4.78, 5) is 0. The van der Waals surface area contributed by atoms with Crippen LogP contribution in [0.3, 0.4) is 0 Å². The Morgan fingerprint density at radius 2 is 2.21 bits per heavy atom. The van der Waals surface area contributed by atoms with Gasteiger partial charge < -0.3 is 5.32 Å². The molecule has 1 aliphatic rings. The minimum Gasteiger partial charge on any atom is -0.316 e. The van der Waals surface area contributed by atoms with Crippen LogP contribution in [0.5, 0.6) is 0 Å². The molecule has 1 fully saturated rings. The van der Waals surface area contributed by atoms with Crippen molar-refractivity contribution >= 4 is 23.1 Å². The summed E-state index contributed by atoms with van der Waals surface area (Å²) in [7, 11) is 0. The zero-order valence-corrected chi connectivity index (χ0v) is 13.7. The number of nitrogens with one attached hydrogen (secondary N) is 1. The Morgan fingerprint density at radius 1 is 1.32 bits per heavy atom. The summed E-state index contributed by atoms with van der Waals surface area (Å²) < 4.78 is 0. The molecular weight excluding hydrogens is 274 g/mol. The maximum atomic E-state index is 4.39. The van der Waals surface area contributed by atoms with Crippen molar-refractivity contribution in [3.05, 3.63) is 10.0 Å². The van der Waals surface area contributed by atoms with E-state index in [9.17, 15) is 0 Å². The van der Waals surface area contributed by atoms with Crippen LogP contribution in [-0.4, -0.2) is 29.0 Å². The van der Waals surface area contributed by atoms with Crippen LogP contribution in [-0.2, 0) is 6.42 Å². The van der Waals surface area contributed by atoms with E-state index in [1.807, 2.05) is 11.3 Å². The van der Waals surface area contributed by atoms with Gasteiger partial charge in [-0.3, -0.25) is 0 Å². The molecule has 5 heteroatoms. The molecule has 3 nitrogen and oxygen atoms in total. The molecule has 0 saturated carbocycles. The Bertz CT molecular complexity index is 359. The van der Waals surface area contributed by atoms with Crippen molar-refractivity contribution in [2.45, 2.75) is 51.2 Å². The third-order valence-corrected chi connectivity index (χ3v) is 5.87.